The molecule has 1 atom stereocenters. The van der Waals surface area contributed by atoms with Gasteiger partial charge in [-0.15, -0.1) is 0 Å². The average Bonchev–Trinajstić information content (AvgIpc) is 2.48. The summed E-state index contributed by atoms with van der Waals surface area (Å²) < 4.78 is 5.19. The number of esters is 1. The minimum Gasteiger partial charge on any atom is -0.461 e. The molecule has 0 aliphatic carbocycles. The number of hydrogen-bond donors (Lipinski definition) is 1. The van der Waals surface area contributed by atoms with Gasteiger partial charge in [0, 0.05) is 6.42 Å². The van der Waals surface area contributed by atoms with E-state index in [4.69, 9.17) is 10.5 Å². The van der Waals surface area contributed by atoms with Crippen LogP contribution >= 0.6 is 0 Å². The van der Waals surface area contributed by atoms with Gasteiger partial charge in [-0.25, -0.2) is 0 Å². The van der Waals surface area contributed by atoms with Gasteiger partial charge in [-0.2, -0.15) is 0 Å². The van der Waals surface area contributed by atoms with Gasteiger partial charge in [-0.3, -0.25) is 4.79 Å². The molecular weight excluding hydrogens is 250 g/mol. The summed E-state index contributed by atoms with van der Waals surface area (Å²) in [4.78, 5) is 11.2. The number of nitrogens with two attached hydrogens (primary N) is 1. The first-order valence-corrected chi connectivity index (χ1v) is 6.73. The Morgan fingerprint density at radius 1 is 1.10 bits per heavy atom. The monoisotopic (exact) mass is 269 g/mol. The number of ether oxygens (including phenoxy) is 1. The Morgan fingerprint density at radius 3 is 2.50 bits per heavy atom. The van der Waals surface area contributed by atoms with Crippen molar-refractivity contribution in [1.29, 1.82) is 0 Å². The lowest BCUT2D eigenvalue weighted by Crippen LogP contribution is -2.23. The molecule has 3 nitrogen and oxygen atoms in total. The minimum absolute atomic E-state index is 0.0750. The van der Waals surface area contributed by atoms with Crippen molar-refractivity contribution >= 4 is 5.97 Å². The third-order valence-corrected chi connectivity index (χ3v) is 3.06. The predicted octanol–water partition coefficient (Wildman–Crippen LogP) is 2.79. The molecule has 0 aromatic heterocycles. The molecule has 2 N–H and O–H groups in total. The quantitative estimate of drug-likeness (QED) is 0.849. The van der Waals surface area contributed by atoms with Gasteiger partial charge < -0.3 is 10.5 Å². The molecule has 0 heterocycles. The van der Waals surface area contributed by atoms with Crippen molar-refractivity contribution in [2.24, 2.45) is 5.73 Å². The van der Waals surface area contributed by atoms with Crippen LogP contribution in [0.15, 0.2) is 54.6 Å². The highest BCUT2D eigenvalue weighted by atomic mass is 16.5. The van der Waals surface area contributed by atoms with Crippen molar-refractivity contribution in [2.45, 2.75) is 19.4 Å². The van der Waals surface area contributed by atoms with Crippen molar-refractivity contribution in [3.05, 3.63) is 60.2 Å². The maximum atomic E-state index is 11.2. The van der Waals surface area contributed by atoms with Gasteiger partial charge >= 0.3 is 5.97 Å². The molecule has 2 aromatic carbocycles. The van der Waals surface area contributed by atoms with Crippen LogP contribution in [0.5, 0.6) is 0 Å². The summed E-state index contributed by atoms with van der Waals surface area (Å²) in [6.45, 7) is 1.80. The average molecular weight is 269 g/mol. The van der Waals surface area contributed by atoms with E-state index in [1.807, 2.05) is 37.3 Å². The normalized spacial score (nSPS) is 11.9. The lowest BCUT2D eigenvalue weighted by molar-refractivity contribution is -0.146. The van der Waals surface area contributed by atoms with Crippen LogP contribution in [-0.4, -0.2) is 18.6 Å². The van der Waals surface area contributed by atoms with Crippen molar-refractivity contribution < 1.29 is 9.53 Å². The van der Waals surface area contributed by atoms with E-state index in [-0.39, 0.29) is 18.6 Å². The molecule has 20 heavy (non-hydrogen) atoms. The molecule has 0 aliphatic rings. The van der Waals surface area contributed by atoms with Crippen LogP contribution in [-0.2, 0) is 16.0 Å². The van der Waals surface area contributed by atoms with Gasteiger partial charge in [0.15, 0.2) is 0 Å². The smallest absolute Gasteiger partial charge is 0.319 e. The zero-order chi connectivity index (χ0) is 14.4. The summed E-state index contributed by atoms with van der Waals surface area (Å²) in [6, 6.07) is 18.5. The van der Waals surface area contributed by atoms with Crippen LogP contribution in [0, 0.1) is 0 Å². The molecule has 0 amide bonds. The van der Waals surface area contributed by atoms with Gasteiger partial charge in [0.2, 0.25) is 0 Å². The predicted molar refractivity (Wildman–Crippen MR) is 80.2 cm³/mol. The maximum absolute atomic E-state index is 11.2. The molecule has 0 aliphatic heterocycles. The van der Waals surface area contributed by atoms with Gasteiger partial charge in [0.1, 0.15) is 6.10 Å². The SMILES string of the molecule is CC(Cc1cccc(-c2ccccc2)c1)OC(=O)CN. The van der Waals surface area contributed by atoms with E-state index in [9.17, 15) is 4.79 Å². The molecule has 3 heteroatoms. The Kier molecular flexibility index (Phi) is 4.91. The summed E-state index contributed by atoms with van der Waals surface area (Å²) in [6.07, 6.45) is 0.518. The van der Waals surface area contributed by atoms with E-state index in [1.54, 1.807) is 0 Å². The zero-order valence-corrected chi connectivity index (χ0v) is 11.6. The molecule has 2 rings (SSSR count). The largest absolute Gasteiger partial charge is 0.461 e. The number of benzene rings is 2. The molecule has 0 radical (unpaired) electrons. The fraction of sp³-hybridized carbons (Fsp3) is 0.235. The topological polar surface area (TPSA) is 52.3 Å². The van der Waals surface area contributed by atoms with Crippen LogP contribution in [0.3, 0.4) is 0 Å². The van der Waals surface area contributed by atoms with E-state index in [2.05, 4.69) is 24.3 Å². The molecular formula is C17H19NO2. The third kappa shape index (κ3) is 3.93. The fourth-order valence-electron chi connectivity index (χ4n) is 2.15. The fourth-order valence-corrected chi connectivity index (χ4v) is 2.15. The molecule has 0 spiro atoms. The first-order chi connectivity index (χ1) is 9.69. The van der Waals surface area contributed by atoms with Gasteiger partial charge in [0.25, 0.3) is 0 Å². The van der Waals surface area contributed by atoms with E-state index in [0.717, 1.165) is 5.56 Å². The van der Waals surface area contributed by atoms with Crippen molar-refractivity contribution in [3.63, 3.8) is 0 Å². The number of hydrogen-bond acceptors (Lipinski definition) is 3. The summed E-state index contributed by atoms with van der Waals surface area (Å²) in [5, 5.41) is 0. The highest BCUT2D eigenvalue weighted by molar-refractivity contribution is 5.71. The minimum atomic E-state index is -0.364. The zero-order valence-electron chi connectivity index (χ0n) is 11.6. The highest BCUT2D eigenvalue weighted by Gasteiger charge is 2.09. The first kappa shape index (κ1) is 14.3. The van der Waals surface area contributed by atoms with E-state index >= 15 is 0 Å². The highest BCUT2D eigenvalue weighted by Crippen LogP contribution is 2.20. The summed E-state index contributed by atoms with van der Waals surface area (Å²) in [5.41, 5.74) is 8.73. The number of carbonyl (C=O) groups excluding carboxylic acids is 1. The van der Waals surface area contributed by atoms with E-state index in [0.29, 0.717) is 6.42 Å². The van der Waals surface area contributed by atoms with Crippen LogP contribution in [0.2, 0.25) is 0 Å². The molecule has 0 saturated carbocycles. The molecule has 2 aromatic rings. The number of carbonyl (C=O) groups is 1. The Labute approximate surface area is 119 Å². The Bertz CT molecular complexity index is 566. The molecule has 0 bridgehead atoms. The third-order valence-electron chi connectivity index (χ3n) is 3.06. The van der Waals surface area contributed by atoms with E-state index in [1.165, 1.54) is 11.1 Å². The second-order valence-electron chi connectivity index (χ2n) is 4.78. The lowest BCUT2D eigenvalue weighted by Gasteiger charge is -2.13. The maximum Gasteiger partial charge on any atom is 0.319 e. The van der Waals surface area contributed by atoms with Crippen molar-refractivity contribution in [1.82, 2.24) is 0 Å². The molecule has 104 valence electrons. The summed E-state index contributed by atoms with van der Waals surface area (Å²) in [7, 11) is 0. The van der Waals surface area contributed by atoms with Crippen LogP contribution in [0.4, 0.5) is 0 Å². The second-order valence-corrected chi connectivity index (χ2v) is 4.78. The molecule has 0 saturated heterocycles. The van der Waals surface area contributed by atoms with Gasteiger partial charge in [0.05, 0.1) is 6.54 Å². The molecule has 1 unspecified atom stereocenters. The summed E-state index contributed by atoms with van der Waals surface area (Å²) in [5.74, 6) is -0.364. The van der Waals surface area contributed by atoms with Gasteiger partial charge in [-0.05, 0) is 23.6 Å². The van der Waals surface area contributed by atoms with Crippen molar-refractivity contribution in [3.8, 4) is 11.1 Å². The first-order valence-electron chi connectivity index (χ1n) is 6.73. The van der Waals surface area contributed by atoms with E-state index < -0.39 is 0 Å². The second kappa shape index (κ2) is 6.87. The Morgan fingerprint density at radius 2 is 1.80 bits per heavy atom. The van der Waals surface area contributed by atoms with Crippen molar-refractivity contribution in [2.75, 3.05) is 6.54 Å². The molecule has 0 fully saturated rings. The Balaban J connectivity index is 2.09. The lowest BCUT2D eigenvalue weighted by atomic mass is 10.0. The van der Waals surface area contributed by atoms with Gasteiger partial charge in [-0.1, -0.05) is 54.6 Å². The Hall–Kier alpha value is -2.13. The van der Waals surface area contributed by atoms with Crippen LogP contribution in [0.1, 0.15) is 12.5 Å². The number of rotatable bonds is 5. The standard InChI is InChI=1S/C17H19NO2/c1-13(20-17(19)12-18)10-14-6-5-9-16(11-14)15-7-3-2-4-8-15/h2-9,11,13H,10,12,18H2,1H3. The van der Waals surface area contributed by atoms with Crippen LogP contribution < -0.4 is 5.73 Å². The van der Waals surface area contributed by atoms with Crippen LogP contribution in [0.25, 0.3) is 11.1 Å². The summed E-state index contributed by atoms with van der Waals surface area (Å²) >= 11 is 0.